The first-order chi connectivity index (χ1) is 10.0. The Hall–Kier alpha value is -1.30. The number of anilines is 1. The van der Waals surface area contributed by atoms with Crippen LogP contribution in [0.2, 0.25) is 5.02 Å². The number of halogens is 2. The number of likely N-dealkylation sites (N-methyl/N-ethyl adjacent to an activating group) is 1. The fourth-order valence-corrected chi connectivity index (χ4v) is 2.41. The lowest BCUT2D eigenvalue weighted by atomic mass is 10.1. The first-order valence-electron chi connectivity index (χ1n) is 7.05. The van der Waals surface area contributed by atoms with E-state index in [0.717, 1.165) is 5.69 Å². The summed E-state index contributed by atoms with van der Waals surface area (Å²) < 4.78 is 0. The highest BCUT2D eigenvalue weighted by molar-refractivity contribution is 6.30. The Morgan fingerprint density at radius 2 is 2.05 bits per heavy atom. The van der Waals surface area contributed by atoms with Gasteiger partial charge >= 0.3 is 0 Å². The van der Waals surface area contributed by atoms with Crippen LogP contribution in [0, 0.1) is 5.92 Å². The van der Waals surface area contributed by atoms with Crippen molar-refractivity contribution in [3.63, 3.8) is 0 Å². The van der Waals surface area contributed by atoms with E-state index in [2.05, 4.69) is 10.6 Å². The molecule has 1 aliphatic rings. The van der Waals surface area contributed by atoms with E-state index in [1.807, 2.05) is 14.0 Å². The molecule has 1 aliphatic heterocycles. The molecule has 0 aromatic heterocycles. The Labute approximate surface area is 141 Å². The van der Waals surface area contributed by atoms with Crippen molar-refractivity contribution in [1.82, 2.24) is 10.6 Å². The van der Waals surface area contributed by atoms with Gasteiger partial charge in [-0.25, -0.2) is 0 Å². The highest BCUT2D eigenvalue weighted by atomic mass is 35.5. The number of carbonyl (C=O) groups is 2. The van der Waals surface area contributed by atoms with Gasteiger partial charge in [0.05, 0.1) is 0 Å². The Kier molecular flexibility index (Phi) is 7.13. The molecule has 2 rings (SSSR count). The SMILES string of the molecule is CNC(C)CNC(=O)C1CCN(c2ccc(Cl)cc2)C1=O.Cl. The van der Waals surface area contributed by atoms with Crippen molar-refractivity contribution in [2.45, 2.75) is 19.4 Å². The van der Waals surface area contributed by atoms with Gasteiger partial charge in [0.2, 0.25) is 11.8 Å². The summed E-state index contributed by atoms with van der Waals surface area (Å²) in [5.74, 6) is -0.935. The molecule has 2 N–H and O–H groups in total. The molecule has 2 unspecified atom stereocenters. The van der Waals surface area contributed by atoms with Crippen molar-refractivity contribution in [2.75, 3.05) is 25.0 Å². The third-order valence-corrected chi connectivity index (χ3v) is 3.99. The topological polar surface area (TPSA) is 61.4 Å². The zero-order valence-corrected chi connectivity index (χ0v) is 14.2. The highest BCUT2D eigenvalue weighted by Crippen LogP contribution is 2.26. The smallest absolute Gasteiger partial charge is 0.239 e. The first kappa shape index (κ1) is 18.7. The van der Waals surface area contributed by atoms with Crippen LogP contribution in [0.3, 0.4) is 0 Å². The maximum Gasteiger partial charge on any atom is 0.239 e. The van der Waals surface area contributed by atoms with Crippen LogP contribution in [0.25, 0.3) is 0 Å². The summed E-state index contributed by atoms with van der Waals surface area (Å²) >= 11 is 5.84. The van der Waals surface area contributed by atoms with E-state index >= 15 is 0 Å². The lowest BCUT2D eigenvalue weighted by molar-refractivity contribution is -0.132. The van der Waals surface area contributed by atoms with Crippen LogP contribution in [-0.2, 0) is 9.59 Å². The molecule has 1 aromatic carbocycles. The van der Waals surface area contributed by atoms with Gasteiger partial charge in [-0.15, -0.1) is 12.4 Å². The minimum absolute atomic E-state index is 0. The molecule has 1 aromatic rings. The highest BCUT2D eigenvalue weighted by Gasteiger charge is 2.37. The van der Waals surface area contributed by atoms with Gasteiger partial charge in [-0.3, -0.25) is 9.59 Å². The van der Waals surface area contributed by atoms with Gasteiger partial charge in [0, 0.05) is 29.8 Å². The molecule has 5 nitrogen and oxygen atoms in total. The summed E-state index contributed by atoms with van der Waals surface area (Å²) in [6, 6.07) is 7.25. The Morgan fingerprint density at radius 3 is 2.64 bits per heavy atom. The molecule has 0 spiro atoms. The number of hydrogen-bond acceptors (Lipinski definition) is 3. The standard InChI is InChI=1S/C15H20ClN3O2.ClH/c1-10(17-2)9-18-14(20)13-7-8-19(15(13)21)12-5-3-11(16)4-6-12;/h3-6,10,13,17H,7-9H2,1-2H3,(H,18,20);1H. The van der Waals surface area contributed by atoms with E-state index in [9.17, 15) is 9.59 Å². The molecule has 0 radical (unpaired) electrons. The molecule has 1 fully saturated rings. The quantitative estimate of drug-likeness (QED) is 0.800. The monoisotopic (exact) mass is 345 g/mol. The predicted octanol–water partition coefficient (Wildman–Crippen LogP) is 1.84. The zero-order valence-electron chi connectivity index (χ0n) is 12.6. The second-order valence-corrected chi connectivity index (χ2v) is 5.68. The molecule has 2 amide bonds. The maximum absolute atomic E-state index is 12.4. The third kappa shape index (κ3) is 4.35. The average molecular weight is 346 g/mol. The molecule has 0 aliphatic carbocycles. The Bertz CT molecular complexity index is 522. The second-order valence-electron chi connectivity index (χ2n) is 5.24. The third-order valence-electron chi connectivity index (χ3n) is 3.74. The van der Waals surface area contributed by atoms with Crippen molar-refractivity contribution in [3.8, 4) is 0 Å². The first-order valence-corrected chi connectivity index (χ1v) is 7.42. The molecular weight excluding hydrogens is 325 g/mol. The summed E-state index contributed by atoms with van der Waals surface area (Å²) in [6.07, 6.45) is 0.543. The molecule has 2 atom stereocenters. The minimum atomic E-state index is -0.593. The van der Waals surface area contributed by atoms with Crippen molar-refractivity contribution >= 4 is 41.5 Å². The number of amides is 2. The summed E-state index contributed by atoms with van der Waals surface area (Å²) in [6.45, 7) is 3.04. The number of benzene rings is 1. The molecule has 1 heterocycles. The van der Waals surface area contributed by atoms with E-state index in [0.29, 0.717) is 24.5 Å². The van der Waals surface area contributed by atoms with E-state index in [4.69, 9.17) is 11.6 Å². The number of carbonyl (C=O) groups excluding carboxylic acids is 2. The van der Waals surface area contributed by atoms with Gasteiger partial charge in [-0.05, 0) is 44.7 Å². The Balaban J connectivity index is 0.00000242. The van der Waals surface area contributed by atoms with E-state index in [-0.39, 0.29) is 30.3 Å². The van der Waals surface area contributed by atoms with E-state index in [1.165, 1.54) is 0 Å². The number of rotatable bonds is 5. The molecular formula is C15H21Cl2N3O2. The zero-order chi connectivity index (χ0) is 15.4. The van der Waals surface area contributed by atoms with Gasteiger partial charge in [0.1, 0.15) is 5.92 Å². The lowest BCUT2D eigenvalue weighted by Crippen LogP contribution is -2.42. The second kappa shape index (κ2) is 8.36. The van der Waals surface area contributed by atoms with Gasteiger partial charge in [-0.1, -0.05) is 11.6 Å². The van der Waals surface area contributed by atoms with E-state index < -0.39 is 5.92 Å². The van der Waals surface area contributed by atoms with Crippen molar-refractivity contribution < 1.29 is 9.59 Å². The van der Waals surface area contributed by atoms with Gasteiger partial charge < -0.3 is 15.5 Å². The molecule has 1 saturated heterocycles. The molecule has 0 saturated carbocycles. The van der Waals surface area contributed by atoms with Gasteiger partial charge in [-0.2, -0.15) is 0 Å². The van der Waals surface area contributed by atoms with Crippen LogP contribution in [0.1, 0.15) is 13.3 Å². The van der Waals surface area contributed by atoms with E-state index in [1.54, 1.807) is 29.2 Å². The molecule has 0 bridgehead atoms. The van der Waals surface area contributed by atoms with Crippen LogP contribution in [0.15, 0.2) is 24.3 Å². The average Bonchev–Trinajstić information content (AvgIpc) is 2.87. The summed E-state index contributed by atoms with van der Waals surface area (Å²) in [5.41, 5.74) is 0.781. The maximum atomic E-state index is 12.4. The van der Waals surface area contributed by atoms with Gasteiger partial charge in [0.15, 0.2) is 0 Å². The fraction of sp³-hybridized carbons (Fsp3) is 0.467. The van der Waals surface area contributed by atoms with Crippen molar-refractivity contribution in [2.24, 2.45) is 5.92 Å². The minimum Gasteiger partial charge on any atom is -0.354 e. The molecule has 22 heavy (non-hydrogen) atoms. The van der Waals surface area contributed by atoms with Crippen LogP contribution >= 0.6 is 24.0 Å². The van der Waals surface area contributed by atoms with Crippen molar-refractivity contribution in [1.29, 1.82) is 0 Å². The largest absolute Gasteiger partial charge is 0.354 e. The van der Waals surface area contributed by atoms with Gasteiger partial charge in [0.25, 0.3) is 0 Å². The van der Waals surface area contributed by atoms with Crippen molar-refractivity contribution in [3.05, 3.63) is 29.3 Å². The molecule has 7 heteroatoms. The number of nitrogens with zero attached hydrogens (tertiary/aromatic N) is 1. The predicted molar refractivity (Wildman–Crippen MR) is 90.7 cm³/mol. The lowest BCUT2D eigenvalue weighted by Gasteiger charge is -2.17. The summed E-state index contributed by atoms with van der Waals surface area (Å²) in [5, 5.41) is 6.48. The van der Waals surface area contributed by atoms with Crippen LogP contribution < -0.4 is 15.5 Å². The summed E-state index contributed by atoms with van der Waals surface area (Å²) in [7, 11) is 1.83. The van der Waals surface area contributed by atoms with Crippen LogP contribution in [0.4, 0.5) is 5.69 Å². The van der Waals surface area contributed by atoms with Crippen LogP contribution in [-0.4, -0.2) is 38.0 Å². The fourth-order valence-electron chi connectivity index (χ4n) is 2.28. The summed E-state index contributed by atoms with van der Waals surface area (Å²) in [4.78, 5) is 26.1. The van der Waals surface area contributed by atoms with Crippen LogP contribution in [0.5, 0.6) is 0 Å². The molecule has 122 valence electrons. The Morgan fingerprint density at radius 1 is 1.41 bits per heavy atom. The number of hydrogen-bond donors (Lipinski definition) is 2. The number of nitrogens with one attached hydrogen (secondary N) is 2. The normalized spacial score (nSPS) is 18.8.